The fraction of sp³-hybridized carbons (Fsp3) is 0.562. The van der Waals surface area contributed by atoms with E-state index in [1.54, 1.807) is 6.07 Å². The van der Waals surface area contributed by atoms with Crippen LogP contribution in [-0.2, 0) is 5.41 Å². The number of benzene rings is 1. The van der Waals surface area contributed by atoms with Crippen LogP contribution in [0.15, 0.2) is 12.1 Å². The molecule has 0 radical (unpaired) electrons. The van der Waals surface area contributed by atoms with Gasteiger partial charge in [0.05, 0.1) is 5.02 Å². The minimum Gasteiger partial charge on any atom is -0.205 e. The molecular formula is C16H17ClFN. The molecule has 4 rings (SSSR count). The van der Waals surface area contributed by atoms with Crippen LogP contribution >= 0.6 is 11.6 Å². The third kappa shape index (κ3) is 1.96. The molecule has 3 saturated carbocycles. The van der Waals surface area contributed by atoms with E-state index in [4.69, 9.17) is 16.9 Å². The predicted molar refractivity (Wildman–Crippen MR) is 73.6 cm³/mol. The second-order valence-corrected chi connectivity index (χ2v) is 6.92. The minimum absolute atomic E-state index is 0.0294. The summed E-state index contributed by atoms with van der Waals surface area (Å²) in [4.78, 5) is 0. The number of hydrogen-bond donors (Lipinski definition) is 0. The maximum Gasteiger partial charge on any atom is 0.142 e. The second-order valence-electron chi connectivity index (χ2n) is 6.52. The maximum absolute atomic E-state index is 14.0. The molecule has 1 aromatic rings. The molecular weight excluding hydrogens is 261 g/mol. The monoisotopic (exact) mass is 277 g/mol. The summed E-state index contributed by atoms with van der Waals surface area (Å²) in [5.74, 6) is -0.474. The quantitative estimate of drug-likeness (QED) is 0.711. The van der Waals surface area contributed by atoms with Crippen molar-refractivity contribution in [3.63, 3.8) is 0 Å². The molecule has 1 nitrogen and oxygen atoms in total. The zero-order valence-corrected chi connectivity index (χ0v) is 11.9. The van der Waals surface area contributed by atoms with Crippen LogP contribution in [0.4, 0.5) is 4.39 Å². The van der Waals surface area contributed by atoms with Gasteiger partial charge in [-0.05, 0) is 67.1 Å². The fourth-order valence-electron chi connectivity index (χ4n) is 3.79. The molecule has 2 bridgehead atoms. The largest absolute Gasteiger partial charge is 0.205 e. The Labute approximate surface area is 118 Å². The van der Waals surface area contributed by atoms with Crippen molar-refractivity contribution >= 4 is 11.6 Å². The van der Waals surface area contributed by atoms with Crippen molar-refractivity contribution in [3.8, 4) is 6.07 Å². The zero-order valence-electron chi connectivity index (χ0n) is 11.1. The Morgan fingerprint density at radius 1 is 1.16 bits per heavy atom. The third-order valence-corrected chi connectivity index (χ3v) is 5.69. The minimum atomic E-state index is -0.474. The van der Waals surface area contributed by atoms with Gasteiger partial charge in [-0.3, -0.25) is 0 Å². The van der Waals surface area contributed by atoms with Crippen LogP contribution in [0.3, 0.4) is 0 Å². The zero-order chi connectivity index (χ0) is 13.7. The molecule has 0 unspecified atom stereocenters. The number of halogens is 2. The van der Waals surface area contributed by atoms with Crippen LogP contribution in [0.25, 0.3) is 0 Å². The molecule has 0 spiro atoms. The predicted octanol–water partition coefficient (Wildman–Crippen LogP) is 4.96. The number of nitriles is 1. The van der Waals surface area contributed by atoms with Crippen LogP contribution < -0.4 is 0 Å². The van der Waals surface area contributed by atoms with Crippen molar-refractivity contribution in [3.05, 3.63) is 34.1 Å². The van der Waals surface area contributed by atoms with Crippen LogP contribution in [0.5, 0.6) is 0 Å². The van der Waals surface area contributed by atoms with Gasteiger partial charge in [0.15, 0.2) is 0 Å². The van der Waals surface area contributed by atoms with Gasteiger partial charge in [0.2, 0.25) is 0 Å². The highest BCUT2D eigenvalue weighted by molar-refractivity contribution is 6.31. The molecule has 100 valence electrons. The highest BCUT2D eigenvalue weighted by Crippen LogP contribution is 2.57. The summed E-state index contributed by atoms with van der Waals surface area (Å²) in [7, 11) is 0. The Morgan fingerprint density at radius 2 is 1.74 bits per heavy atom. The normalized spacial score (nSPS) is 33.2. The van der Waals surface area contributed by atoms with Gasteiger partial charge in [-0.1, -0.05) is 18.5 Å². The van der Waals surface area contributed by atoms with Gasteiger partial charge in [0.25, 0.3) is 0 Å². The van der Waals surface area contributed by atoms with Crippen molar-refractivity contribution in [2.45, 2.75) is 50.9 Å². The van der Waals surface area contributed by atoms with Crippen molar-refractivity contribution in [1.29, 1.82) is 5.26 Å². The van der Waals surface area contributed by atoms with E-state index < -0.39 is 5.82 Å². The number of fused-ring (bicyclic) bond motifs is 3. The van der Waals surface area contributed by atoms with E-state index in [1.165, 1.54) is 19.3 Å². The Morgan fingerprint density at radius 3 is 2.21 bits per heavy atom. The molecule has 0 aromatic heterocycles. The van der Waals surface area contributed by atoms with E-state index in [1.807, 2.05) is 12.1 Å². The van der Waals surface area contributed by atoms with E-state index in [0.717, 1.165) is 24.8 Å². The summed E-state index contributed by atoms with van der Waals surface area (Å²) < 4.78 is 14.0. The van der Waals surface area contributed by atoms with Crippen LogP contribution in [0.2, 0.25) is 5.02 Å². The average molecular weight is 278 g/mol. The van der Waals surface area contributed by atoms with E-state index in [0.29, 0.717) is 5.41 Å². The van der Waals surface area contributed by atoms with Gasteiger partial charge >= 0.3 is 0 Å². The maximum atomic E-state index is 14.0. The fourth-order valence-corrected chi connectivity index (χ4v) is 4.04. The first kappa shape index (κ1) is 12.9. The lowest BCUT2D eigenvalue weighted by Crippen LogP contribution is -2.42. The highest BCUT2D eigenvalue weighted by Gasteiger charge is 2.47. The van der Waals surface area contributed by atoms with Gasteiger partial charge in [0, 0.05) is 0 Å². The van der Waals surface area contributed by atoms with E-state index in [2.05, 4.69) is 6.92 Å². The molecule has 3 fully saturated rings. The lowest BCUT2D eigenvalue weighted by atomic mass is 9.52. The summed E-state index contributed by atoms with van der Waals surface area (Å²) in [5.41, 5.74) is 1.56. The first-order valence-corrected chi connectivity index (χ1v) is 7.26. The lowest BCUT2D eigenvalue weighted by molar-refractivity contribution is 0.0555. The molecule has 0 amide bonds. The first-order valence-electron chi connectivity index (χ1n) is 6.88. The second kappa shape index (κ2) is 4.21. The SMILES string of the molecule is CC12CCC(c3cc(F)c(C#N)c(Cl)c3)(CC1)CC2. The molecule has 3 aliphatic rings. The van der Waals surface area contributed by atoms with Gasteiger partial charge < -0.3 is 0 Å². The average Bonchev–Trinajstić information content (AvgIpc) is 2.39. The van der Waals surface area contributed by atoms with Gasteiger partial charge in [0.1, 0.15) is 17.4 Å². The van der Waals surface area contributed by atoms with Gasteiger partial charge in [-0.25, -0.2) is 4.39 Å². The molecule has 3 aliphatic carbocycles. The molecule has 0 N–H and O–H groups in total. The lowest BCUT2D eigenvalue weighted by Gasteiger charge is -2.52. The van der Waals surface area contributed by atoms with Gasteiger partial charge in [-0.15, -0.1) is 0 Å². The Bertz CT molecular complexity index is 525. The van der Waals surface area contributed by atoms with Crippen molar-refractivity contribution in [2.75, 3.05) is 0 Å². The molecule has 0 aliphatic heterocycles. The van der Waals surface area contributed by atoms with Crippen LogP contribution in [-0.4, -0.2) is 0 Å². The molecule has 1 aromatic carbocycles. The molecule has 0 heterocycles. The van der Waals surface area contributed by atoms with E-state index in [-0.39, 0.29) is 16.0 Å². The highest BCUT2D eigenvalue weighted by atomic mass is 35.5. The topological polar surface area (TPSA) is 23.8 Å². The summed E-state index contributed by atoms with van der Waals surface area (Å²) in [6.07, 6.45) is 6.99. The standard InChI is InChI=1S/C16H17ClFN/c1-15-2-5-16(6-3-15,7-4-15)11-8-13(17)12(10-19)14(18)9-11/h8-9H,2-7H2,1H3. The Hall–Kier alpha value is -1.07. The smallest absolute Gasteiger partial charge is 0.142 e. The van der Waals surface area contributed by atoms with E-state index in [9.17, 15) is 4.39 Å². The Kier molecular flexibility index (Phi) is 2.87. The van der Waals surface area contributed by atoms with Crippen molar-refractivity contribution in [1.82, 2.24) is 0 Å². The van der Waals surface area contributed by atoms with Crippen LogP contribution in [0.1, 0.15) is 56.6 Å². The summed E-state index contributed by atoms with van der Waals surface area (Å²) in [5, 5.41) is 9.14. The number of rotatable bonds is 1. The summed E-state index contributed by atoms with van der Waals surface area (Å²) in [6.45, 7) is 2.36. The summed E-state index contributed by atoms with van der Waals surface area (Å²) in [6, 6.07) is 5.19. The third-order valence-electron chi connectivity index (χ3n) is 5.39. The molecule has 0 atom stereocenters. The first-order chi connectivity index (χ1) is 8.98. The van der Waals surface area contributed by atoms with Crippen molar-refractivity contribution < 1.29 is 4.39 Å². The molecule has 19 heavy (non-hydrogen) atoms. The summed E-state index contributed by atoms with van der Waals surface area (Å²) >= 11 is 6.05. The van der Waals surface area contributed by atoms with Gasteiger partial charge in [-0.2, -0.15) is 5.26 Å². The van der Waals surface area contributed by atoms with Crippen molar-refractivity contribution in [2.24, 2.45) is 5.41 Å². The Balaban J connectivity index is 2.02. The van der Waals surface area contributed by atoms with Crippen LogP contribution in [0, 0.1) is 22.6 Å². The van der Waals surface area contributed by atoms with E-state index >= 15 is 0 Å². The number of nitrogens with zero attached hydrogens (tertiary/aromatic N) is 1. The number of hydrogen-bond acceptors (Lipinski definition) is 1. The molecule has 3 heteroatoms. The molecule has 0 saturated heterocycles.